The van der Waals surface area contributed by atoms with Gasteiger partial charge in [0.15, 0.2) is 5.82 Å². The molecule has 4 rings (SSSR count). The van der Waals surface area contributed by atoms with Crippen molar-refractivity contribution in [3.8, 4) is 0 Å². The third-order valence-electron chi connectivity index (χ3n) is 5.49. The van der Waals surface area contributed by atoms with Crippen LogP contribution < -0.4 is 10.9 Å². The Hall–Kier alpha value is -3.88. The Morgan fingerprint density at radius 2 is 1.91 bits per heavy atom. The molecule has 1 atom stereocenters. The summed E-state index contributed by atoms with van der Waals surface area (Å²) in [4.78, 5) is 47.8. The maximum absolute atomic E-state index is 13.1. The van der Waals surface area contributed by atoms with Crippen LogP contribution in [0.25, 0.3) is 0 Å². The molecular weight excluding hydrogens is 413 g/mol. The van der Waals surface area contributed by atoms with E-state index in [1.54, 1.807) is 18.9 Å². The van der Waals surface area contributed by atoms with E-state index in [2.05, 4.69) is 15.3 Å². The van der Waals surface area contributed by atoms with E-state index in [1.165, 1.54) is 53.4 Å². The summed E-state index contributed by atoms with van der Waals surface area (Å²) in [5.74, 6) is -0.510. The van der Waals surface area contributed by atoms with Crippen molar-refractivity contribution in [3.63, 3.8) is 0 Å². The maximum atomic E-state index is 13.1. The number of benzene rings is 1. The van der Waals surface area contributed by atoms with E-state index in [9.17, 15) is 18.8 Å². The highest BCUT2D eigenvalue weighted by atomic mass is 19.1. The molecule has 0 spiro atoms. The first kappa shape index (κ1) is 21.4. The second-order valence-electron chi connectivity index (χ2n) is 7.71. The molecule has 32 heavy (non-hydrogen) atoms. The van der Waals surface area contributed by atoms with Crippen molar-refractivity contribution >= 4 is 17.5 Å². The van der Waals surface area contributed by atoms with Gasteiger partial charge in [0.1, 0.15) is 5.82 Å². The number of amides is 2. The summed E-state index contributed by atoms with van der Waals surface area (Å²) in [5.41, 5.74) is 1.48. The van der Waals surface area contributed by atoms with Crippen LogP contribution in [-0.4, -0.2) is 37.8 Å². The van der Waals surface area contributed by atoms with Crippen molar-refractivity contribution in [2.75, 3.05) is 11.9 Å². The Bertz CT molecular complexity index is 1240. The molecule has 2 aromatic heterocycles. The van der Waals surface area contributed by atoms with E-state index in [1.807, 2.05) is 0 Å². The van der Waals surface area contributed by atoms with E-state index in [4.69, 9.17) is 0 Å². The average molecular weight is 435 g/mol. The van der Waals surface area contributed by atoms with E-state index < -0.39 is 5.91 Å². The van der Waals surface area contributed by atoms with Crippen LogP contribution in [0, 0.1) is 12.7 Å². The van der Waals surface area contributed by atoms with Gasteiger partial charge in [-0.25, -0.2) is 14.4 Å². The minimum atomic E-state index is -0.398. The van der Waals surface area contributed by atoms with Gasteiger partial charge in [0, 0.05) is 37.7 Å². The number of pyridine rings is 1. The number of aryl methyl sites for hydroxylation is 2. The fourth-order valence-corrected chi connectivity index (χ4v) is 3.76. The van der Waals surface area contributed by atoms with Gasteiger partial charge in [-0.05, 0) is 50.1 Å². The van der Waals surface area contributed by atoms with Crippen molar-refractivity contribution in [1.82, 2.24) is 19.4 Å². The maximum Gasteiger partial charge on any atom is 0.259 e. The van der Waals surface area contributed by atoms with Crippen LogP contribution in [0.1, 0.15) is 51.1 Å². The number of carbonyl (C=O) groups is 2. The lowest BCUT2D eigenvalue weighted by Crippen LogP contribution is -2.32. The number of rotatable bonds is 4. The van der Waals surface area contributed by atoms with Gasteiger partial charge < -0.3 is 14.8 Å². The van der Waals surface area contributed by atoms with E-state index in [0.717, 1.165) is 6.42 Å². The molecule has 1 aliphatic rings. The number of nitrogens with zero attached hydrogens (tertiary/aromatic N) is 4. The lowest BCUT2D eigenvalue weighted by atomic mass is 10.1. The van der Waals surface area contributed by atoms with Crippen LogP contribution >= 0.6 is 0 Å². The first-order chi connectivity index (χ1) is 15.3. The number of likely N-dealkylation sites (tertiary alicyclic amines) is 1. The smallest absolute Gasteiger partial charge is 0.259 e. The molecule has 1 saturated heterocycles. The number of nitrogens with one attached hydrogen (secondary N) is 1. The molecule has 1 aliphatic heterocycles. The molecule has 8 nitrogen and oxygen atoms in total. The minimum Gasteiger partial charge on any atom is -0.328 e. The van der Waals surface area contributed by atoms with Crippen molar-refractivity contribution in [1.29, 1.82) is 0 Å². The Labute approximate surface area is 183 Å². The van der Waals surface area contributed by atoms with Gasteiger partial charge in [-0.2, -0.15) is 0 Å². The van der Waals surface area contributed by atoms with Crippen LogP contribution in [0.5, 0.6) is 0 Å². The third-order valence-corrected chi connectivity index (χ3v) is 5.49. The summed E-state index contributed by atoms with van der Waals surface area (Å²) in [7, 11) is 1.60. The lowest BCUT2D eigenvalue weighted by Gasteiger charge is -2.24. The van der Waals surface area contributed by atoms with Crippen LogP contribution in [0.4, 0.5) is 10.1 Å². The second kappa shape index (κ2) is 8.70. The zero-order chi connectivity index (χ0) is 22.8. The van der Waals surface area contributed by atoms with Gasteiger partial charge in [0.2, 0.25) is 5.56 Å². The molecule has 3 aromatic rings. The molecule has 1 N–H and O–H groups in total. The monoisotopic (exact) mass is 435 g/mol. The summed E-state index contributed by atoms with van der Waals surface area (Å²) in [6, 6.07) is 8.05. The molecule has 164 valence electrons. The van der Waals surface area contributed by atoms with Gasteiger partial charge in [-0.1, -0.05) is 0 Å². The number of halogens is 1. The highest BCUT2D eigenvalue weighted by molar-refractivity contribution is 6.04. The van der Waals surface area contributed by atoms with Gasteiger partial charge >= 0.3 is 0 Å². The van der Waals surface area contributed by atoms with Crippen LogP contribution in [0.15, 0.2) is 53.6 Å². The predicted octanol–water partition coefficient (Wildman–Crippen LogP) is 2.85. The second-order valence-corrected chi connectivity index (χ2v) is 7.71. The summed E-state index contributed by atoms with van der Waals surface area (Å²) in [5, 5.41) is 2.70. The fraction of sp³-hybridized carbons (Fsp3) is 0.261. The Kier molecular flexibility index (Phi) is 5.81. The first-order valence-electron chi connectivity index (χ1n) is 10.2. The zero-order valence-electron chi connectivity index (χ0n) is 17.7. The number of aromatic nitrogens is 3. The first-order valence-corrected chi connectivity index (χ1v) is 10.2. The van der Waals surface area contributed by atoms with E-state index in [0.29, 0.717) is 41.3 Å². The van der Waals surface area contributed by atoms with Gasteiger partial charge in [0.25, 0.3) is 11.8 Å². The standard InChI is InChI=1S/C23H22FN5O3/c1-14-18(22(31)27-17-8-6-16(24)7-9-17)12-25-21(26-14)19-4-3-11-29(19)23(32)15-5-10-20(30)28(2)13-15/h5-10,12-13,19H,3-4,11H2,1-2H3,(H,27,31). The Morgan fingerprint density at radius 3 is 2.59 bits per heavy atom. The van der Waals surface area contributed by atoms with Gasteiger partial charge in [-0.3, -0.25) is 14.4 Å². The molecule has 2 amide bonds. The molecule has 3 heterocycles. The molecule has 1 unspecified atom stereocenters. The molecular formula is C23H22FN5O3. The number of hydrogen-bond donors (Lipinski definition) is 1. The highest BCUT2D eigenvalue weighted by Crippen LogP contribution is 2.31. The normalized spacial score (nSPS) is 15.6. The van der Waals surface area contributed by atoms with Crippen molar-refractivity contribution in [2.45, 2.75) is 25.8 Å². The summed E-state index contributed by atoms with van der Waals surface area (Å²) in [6.45, 7) is 2.26. The molecule has 0 radical (unpaired) electrons. The Balaban J connectivity index is 1.54. The quantitative estimate of drug-likeness (QED) is 0.680. The fourth-order valence-electron chi connectivity index (χ4n) is 3.76. The molecule has 0 bridgehead atoms. The Morgan fingerprint density at radius 1 is 1.16 bits per heavy atom. The SMILES string of the molecule is Cc1nc(C2CCCN2C(=O)c2ccc(=O)n(C)c2)ncc1C(=O)Nc1ccc(F)cc1. The molecule has 9 heteroatoms. The van der Waals surface area contributed by atoms with E-state index >= 15 is 0 Å². The van der Waals surface area contributed by atoms with Gasteiger partial charge in [-0.15, -0.1) is 0 Å². The molecule has 1 aromatic carbocycles. The topological polar surface area (TPSA) is 97.2 Å². The molecule has 0 saturated carbocycles. The summed E-state index contributed by atoms with van der Waals surface area (Å²) in [6.07, 6.45) is 4.48. The zero-order valence-corrected chi connectivity index (χ0v) is 17.7. The molecule has 0 aliphatic carbocycles. The third kappa shape index (κ3) is 4.27. The largest absolute Gasteiger partial charge is 0.328 e. The van der Waals surface area contributed by atoms with Gasteiger partial charge in [0.05, 0.1) is 22.9 Å². The summed E-state index contributed by atoms with van der Waals surface area (Å²) < 4.78 is 14.4. The van der Waals surface area contributed by atoms with Crippen LogP contribution in [0.2, 0.25) is 0 Å². The van der Waals surface area contributed by atoms with Crippen LogP contribution in [0.3, 0.4) is 0 Å². The highest BCUT2D eigenvalue weighted by Gasteiger charge is 2.33. The predicted molar refractivity (Wildman–Crippen MR) is 116 cm³/mol. The number of carbonyl (C=O) groups excluding carboxylic acids is 2. The minimum absolute atomic E-state index is 0.187. The lowest BCUT2D eigenvalue weighted by molar-refractivity contribution is 0.0728. The molecule has 1 fully saturated rings. The number of anilines is 1. The summed E-state index contributed by atoms with van der Waals surface area (Å²) >= 11 is 0. The van der Waals surface area contributed by atoms with Crippen molar-refractivity contribution in [2.24, 2.45) is 7.05 Å². The average Bonchev–Trinajstić information content (AvgIpc) is 3.26. The van der Waals surface area contributed by atoms with Crippen LogP contribution in [-0.2, 0) is 7.05 Å². The number of hydrogen-bond acceptors (Lipinski definition) is 5. The van der Waals surface area contributed by atoms with Crippen molar-refractivity contribution in [3.05, 3.63) is 87.6 Å². The van der Waals surface area contributed by atoms with E-state index in [-0.39, 0.29) is 23.3 Å². The van der Waals surface area contributed by atoms with Crippen molar-refractivity contribution < 1.29 is 14.0 Å².